The van der Waals surface area contributed by atoms with Gasteiger partial charge in [0.1, 0.15) is 5.82 Å². The smallest absolute Gasteiger partial charge is 0.183 e. The molecule has 0 N–H and O–H groups in total. The minimum Gasteiger partial charge on any atom is -0.292 e. The molecule has 0 aromatic carbocycles. The first-order valence-corrected chi connectivity index (χ1v) is 7.88. The molecule has 0 aliphatic carbocycles. The van der Waals surface area contributed by atoms with E-state index in [4.69, 9.17) is 11.6 Å². The SMILES string of the molecule is CCc1nsc(SCC(=O)c2ccc(Cl)s2)n1. The summed E-state index contributed by atoms with van der Waals surface area (Å²) in [7, 11) is 0. The molecule has 0 bridgehead atoms. The molecule has 0 radical (unpaired) electrons. The van der Waals surface area contributed by atoms with Crippen molar-refractivity contribution in [2.75, 3.05) is 5.75 Å². The molecule has 17 heavy (non-hydrogen) atoms. The van der Waals surface area contributed by atoms with Gasteiger partial charge in [0, 0.05) is 6.42 Å². The molecule has 2 heterocycles. The molecule has 3 nitrogen and oxygen atoms in total. The van der Waals surface area contributed by atoms with Gasteiger partial charge in [-0.1, -0.05) is 30.3 Å². The van der Waals surface area contributed by atoms with Gasteiger partial charge in [-0.2, -0.15) is 4.37 Å². The van der Waals surface area contributed by atoms with E-state index in [-0.39, 0.29) is 5.78 Å². The zero-order valence-electron chi connectivity index (χ0n) is 8.97. The van der Waals surface area contributed by atoms with E-state index >= 15 is 0 Å². The molecule has 0 amide bonds. The number of carbonyl (C=O) groups excluding carboxylic acids is 1. The van der Waals surface area contributed by atoms with Crippen LogP contribution in [0.3, 0.4) is 0 Å². The van der Waals surface area contributed by atoms with Gasteiger partial charge in [-0.25, -0.2) is 4.98 Å². The highest BCUT2D eigenvalue weighted by Crippen LogP contribution is 2.25. The summed E-state index contributed by atoms with van der Waals surface area (Å²) in [6, 6.07) is 3.50. The van der Waals surface area contributed by atoms with Crippen LogP contribution in [-0.2, 0) is 6.42 Å². The van der Waals surface area contributed by atoms with E-state index in [1.54, 1.807) is 12.1 Å². The van der Waals surface area contributed by atoms with Crippen LogP contribution in [0.2, 0.25) is 4.34 Å². The van der Waals surface area contributed by atoms with Crippen molar-refractivity contribution in [1.82, 2.24) is 9.36 Å². The molecular formula is C10H9ClN2OS3. The Labute approximate surface area is 116 Å². The molecule has 2 rings (SSSR count). The first kappa shape index (κ1) is 13.0. The number of aryl methyl sites for hydroxylation is 1. The highest BCUT2D eigenvalue weighted by Gasteiger charge is 2.11. The Kier molecular flexibility index (Phi) is 4.55. The van der Waals surface area contributed by atoms with Gasteiger partial charge in [-0.3, -0.25) is 4.79 Å². The quantitative estimate of drug-likeness (QED) is 0.622. The Bertz CT molecular complexity index is 523. The summed E-state index contributed by atoms with van der Waals surface area (Å²) in [5.74, 6) is 1.30. The number of aromatic nitrogens is 2. The third-order valence-electron chi connectivity index (χ3n) is 1.94. The van der Waals surface area contributed by atoms with Crippen LogP contribution in [0.5, 0.6) is 0 Å². The number of halogens is 1. The van der Waals surface area contributed by atoms with Crippen LogP contribution in [0.25, 0.3) is 0 Å². The van der Waals surface area contributed by atoms with Crippen molar-refractivity contribution >= 4 is 52.0 Å². The Hall–Kier alpha value is -0.430. The third kappa shape index (κ3) is 3.51. The van der Waals surface area contributed by atoms with Crippen LogP contribution >= 0.6 is 46.2 Å². The van der Waals surface area contributed by atoms with Gasteiger partial charge >= 0.3 is 0 Å². The summed E-state index contributed by atoms with van der Waals surface area (Å²) in [6.07, 6.45) is 0.825. The van der Waals surface area contributed by atoms with Crippen LogP contribution < -0.4 is 0 Å². The predicted octanol–water partition coefficient (Wildman–Crippen LogP) is 3.79. The highest BCUT2D eigenvalue weighted by atomic mass is 35.5. The monoisotopic (exact) mass is 304 g/mol. The molecule has 0 aliphatic heterocycles. The van der Waals surface area contributed by atoms with E-state index in [0.29, 0.717) is 15.0 Å². The van der Waals surface area contributed by atoms with Crippen LogP contribution in [0.4, 0.5) is 0 Å². The maximum absolute atomic E-state index is 11.8. The number of ketones is 1. The minimum atomic E-state index is 0.0835. The topological polar surface area (TPSA) is 42.9 Å². The van der Waals surface area contributed by atoms with E-state index in [9.17, 15) is 4.79 Å². The summed E-state index contributed by atoms with van der Waals surface area (Å²) < 4.78 is 5.66. The molecule has 0 fully saturated rings. The number of rotatable bonds is 5. The van der Waals surface area contributed by atoms with Gasteiger partial charge in [0.15, 0.2) is 10.1 Å². The van der Waals surface area contributed by atoms with E-state index in [0.717, 1.165) is 16.6 Å². The molecule has 0 spiro atoms. The Morgan fingerprint density at radius 2 is 2.35 bits per heavy atom. The van der Waals surface area contributed by atoms with Crippen molar-refractivity contribution in [3.8, 4) is 0 Å². The van der Waals surface area contributed by atoms with E-state index in [1.165, 1.54) is 34.6 Å². The second-order valence-corrected chi connectivity index (χ2v) is 6.84. The first-order valence-electron chi connectivity index (χ1n) is 4.93. The van der Waals surface area contributed by atoms with Crippen molar-refractivity contribution in [2.24, 2.45) is 0 Å². The van der Waals surface area contributed by atoms with Gasteiger partial charge in [0.25, 0.3) is 0 Å². The van der Waals surface area contributed by atoms with Gasteiger partial charge in [0.2, 0.25) is 0 Å². The summed E-state index contributed by atoms with van der Waals surface area (Å²) in [4.78, 5) is 16.8. The van der Waals surface area contributed by atoms with Crippen molar-refractivity contribution < 1.29 is 4.79 Å². The van der Waals surface area contributed by atoms with Crippen LogP contribution in [0.15, 0.2) is 16.5 Å². The van der Waals surface area contributed by atoms with Crippen molar-refractivity contribution in [1.29, 1.82) is 0 Å². The average molecular weight is 305 g/mol. The molecule has 0 saturated carbocycles. The van der Waals surface area contributed by atoms with Crippen LogP contribution in [-0.4, -0.2) is 20.9 Å². The van der Waals surface area contributed by atoms with Crippen LogP contribution in [0, 0.1) is 0 Å². The van der Waals surface area contributed by atoms with Gasteiger partial charge in [-0.15, -0.1) is 11.3 Å². The molecular weight excluding hydrogens is 296 g/mol. The molecule has 7 heteroatoms. The molecule has 0 saturated heterocycles. The lowest BCUT2D eigenvalue weighted by Gasteiger charge is -1.94. The fourth-order valence-electron chi connectivity index (χ4n) is 1.10. The van der Waals surface area contributed by atoms with Crippen LogP contribution in [0.1, 0.15) is 22.4 Å². The molecule has 0 unspecified atom stereocenters. The maximum atomic E-state index is 11.8. The summed E-state index contributed by atoms with van der Waals surface area (Å²) in [6.45, 7) is 2.01. The molecule has 2 aromatic heterocycles. The maximum Gasteiger partial charge on any atom is 0.183 e. The normalized spacial score (nSPS) is 10.7. The summed E-state index contributed by atoms with van der Waals surface area (Å²) in [5.41, 5.74) is 0. The fourth-order valence-corrected chi connectivity index (χ4v) is 3.75. The number of thioether (sulfide) groups is 1. The van der Waals surface area contributed by atoms with Gasteiger partial charge in [0.05, 0.1) is 15.0 Å². The highest BCUT2D eigenvalue weighted by molar-refractivity contribution is 8.01. The number of Topliss-reactive ketones (excluding diaryl/α,β-unsaturated/α-hetero) is 1. The van der Waals surface area contributed by atoms with Gasteiger partial charge in [-0.05, 0) is 23.7 Å². The van der Waals surface area contributed by atoms with Crippen molar-refractivity contribution in [3.63, 3.8) is 0 Å². The van der Waals surface area contributed by atoms with E-state index in [2.05, 4.69) is 9.36 Å². The third-order valence-corrected chi connectivity index (χ3v) is 5.08. The largest absolute Gasteiger partial charge is 0.292 e. The Balaban J connectivity index is 1.92. The summed E-state index contributed by atoms with van der Waals surface area (Å²) >= 11 is 9.86. The zero-order valence-corrected chi connectivity index (χ0v) is 12.2. The molecule has 0 aliphatic rings. The predicted molar refractivity (Wildman–Crippen MR) is 73.7 cm³/mol. The van der Waals surface area contributed by atoms with Gasteiger partial charge < -0.3 is 0 Å². The van der Waals surface area contributed by atoms with Crippen molar-refractivity contribution in [2.45, 2.75) is 17.7 Å². The van der Waals surface area contributed by atoms with Crippen molar-refractivity contribution in [3.05, 3.63) is 27.2 Å². The summed E-state index contributed by atoms with van der Waals surface area (Å²) in [5, 5.41) is 0. The number of carbonyl (C=O) groups is 1. The lowest BCUT2D eigenvalue weighted by Crippen LogP contribution is -1.98. The second-order valence-electron chi connectivity index (χ2n) is 3.15. The molecule has 2 aromatic rings. The second kappa shape index (κ2) is 5.95. The number of hydrogen-bond acceptors (Lipinski definition) is 6. The van der Waals surface area contributed by atoms with E-state index in [1.807, 2.05) is 6.92 Å². The zero-order chi connectivity index (χ0) is 12.3. The molecule has 90 valence electrons. The standard InChI is InChI=1S/C10H9ClN2OS3/c1-2-9-12-10(17-13-9)15-5-6(14)7-3-4-8(11)16-7/h3-4H,2,5H2,1H3. The first-order chi connectivity index (χ1) is 8.19. The number of hydrogen-bond donors (Lipinski definition) is 0. The average Bonchev–Trinajstić information content (AvgIpc) is 2.94. The van der Waals surface area contributed by atoms with E-state index < -0.39 is 0 Å². The lowest BCUT2D eigenvalue weighted by atomic mass is 10.4. The number of thiophene rings is 1. The number of nitrogens with zero attached hydrogens (tertiary/aromatic N) is 2. The minimum absolute atomic E-state index is 0.0835. The fraction of sp³-hybridized carbons (Fsp3) is 0.300. The lowest BCUT2D eigenvalue weighted by molar-refractivity contribution is 0.102. The Morgan fingerprint density at radius 3 is 2.94 bits per heavy atom. The Morgan fingerprint density at radius 1 is 1.53 bits per heavy atom. The molecule has 0 atom stereocenters.